The van der Waals surface area contributed by atoms with E-state index in [9.17, 15) is 9.18 Å². The second-order valence-electron chi connectivity index (χ2n) is 5.83. The van der Waals surface area contributed by atoms with Gasteiger partial charge in [0, 0.05) is 11.1 Å². The molecule has 1 atom stereocenters. The quantitative estimate of drug-likeness (QED) is 0.783. The van der Waals surface area contributed by atoms with Crippen LogP contribution in [0.5, 0.6) is 0 Å². The van der Waals surface area contributed by atoms with Crippen molar-refractivity contribution in [2.24, 2.45) is 15.7 Å². The fourth-order valence-corrected chi connectivity index (χ4v) is 2.86. The molecular weight excluding hydrogens is 378 g/mol. The molecule has 0 saturated heterocycles. The number of carbonyl (C=O) groups is 1. The molecule has 134 valence electrons. The van der Waals surface area contributed by atoms with Gasteiger partial charge in [0.15, 0.2) is 16.5 Å². The summed E-state index contributed by atoms with van der Waals surface area (Å²) in [6.45, 7) is 1.96. The Hall–Kier alpha value is -2.44. The molecule has 1 heterocycles. The largest absolute Gasteiger partial charge is 0.383 e. The normalized spacial score (nSPS) is 19.3. The summed E-state index contributed by atoms with van der Waals surface area (Å²) < 4.78 is 13.1. The van der Waals surface area contributed by atoms with Crippen molar-refractivity contribution in [2.45, 2.75) is 17.4 Å². The molecule has 0 unspecified atom stereocenters. The second-order valence-corrected chi connectivity index (χ2v) is 6.92. The van der Waals surface area contributed by atoms with Crippen LogP contribution in [0.15, 0.2) is 58.5 Å². The summed E-state index contributed by atoms with van der Waals surface area (Å²) in [7, 11) is 0. The van der Waals surface area contributed by atoms with Gasteiger partial charge in [0.2, 0.25) is 5.66 Å². The smallest absolute Gasteiger partial charge is 0.253 e. The minimum atomic E-state index is -1.60. The van der Waals surface area contributed by atoms with E-state index in [0.29, 0.717) is 11.4 Å². The highest BCUT2D eigenvalue weighted by Crippen LogP contribution is 2.29. The minimum absolute atomic E-state index is 0.0291. The van der Waals surface area contributed by atoms with E-state index in [1.807, 2.05) is 31.2 Å². The lowest BCUT2D eigenvalue weighted by Gasteiger charge is -2.28. The highest BCUT2D eigenvalue weighted by atomic mass is 35.5. The number of hydrogen-bond donors (Lipinski definition) is 2. The van der Waals surface area contributed by atoms with Crippen LogP contribution in [0.3, 0.4) is 0 Å². The maximum atomic E-state index is 13.1. The fraction of sp³-hybridized carbons (Fsp3) is 0.167. The average Bonchev–Trinajstić information content (AvgIpc) is 2.94. The first-order valence-corrected chi connectivity index (χ1v) is 8.57. The van der Waals surface area contributed by atoms with Crippen LogP contribution in [0.25, 0.3) is 0 Å². The van der Waals surface area contributed by atoms with Crippen LogP contribution in [0.1, 0.15) is 21.5 Å². The topological polar surface area (TPSA) is 79.8 Å². The van der Waals surface area contributed by atoms with E-state index in [4.69, 9.17) is 28.9 Å². The van der Waals surface area contributed by atoms with Crippen LogP contribution in [-0.2, 0) is 0 Å². The molecule has 2 aromatic rings. The van der Waals surface area contributed by atoms with Gasteiger partial charge >= 0.3 is 0 Å². The number of halogens is 3. The fourth-order valence-electron chi connectivity index (χ4n) is 2.43. The van der Waals surface area contributed by atoms with E-state index in [2.05, 4.69) is 15.3 Å². The third-order valence-electron chi connectivity index (χ3n) is 3.94. The van der Waals surface area contributed by atoms with Gasteiger partial charge in [-0.1, -0.05) is 53.0 Å². The van der Waals surface area contributed by atoms with Gasteiger partial charge in [-0.3, -0.25) is 4.79 Å². The van der Waals surface area contributed by atoms with Crippen molar-refractivity contribution in [3.05, 3.63) is 71.0 Å². The first-order valence-electron chi connectivity index (χ1n) is 7.69. The Bertz CT molecular complexity index is 894. The maximum Gasteiger partial charge on any atom is 0.253 e. The van der Waals surface area contributed by atoms with Crippen molar-refractivity contribution in [3.63, 3.8) is 0 Å². The molecule has 8 heteroatoms. The van der Waals surface area contributed by atoms with Gasteiger partial charge in [-0.15, -0.1) is 0 Å². The van der Waals surface area contributed by atoms with E-state index in [-0.39, 0.29) is 11.4 Å². The Kier molecular flexibility index (Phi) is 4.98. The number of benzene rings is 2. The predicted molar refractivity (Wildman–Crippen MR) is 101 cm³/mol. The summed E-state index contributed by atoms with van der Waals surface area (Å²) in [5.74, 6) is -0.722. The van der Waals surface area contributed by atoms with Gasteiger partial charge in [0.1, 0.15) is 5.82 Å². The molecule has 1 aliphatic heterocycles. The number of nitrogens with zero attached hydrogens (tertiary/aromatic N) is 2. The van der Waals surface area contributed by atoms with Crippen LogP contribution in [0.4, 0.5) is 4.39 Å². The van der Waals surface area contributed by atoms with Crippen molar-refractivity contribution in [3.8, 4) is 0 Å². The van der Waals surface area contributed by atoms with Gasteiger partial charge in [-0.25, -0.2) is 14.4 Å². The lowest BCUT2D eigenvalue weighted by molar-refractivity contribution is 0.0928. The maximum absolute atomic E-state index is 13.1. The highest BCUT2D eigenvalue weighted by molar-refractivity contribution is 6.47. The average molecular weight is 393 g/mol. The summed E-state index contributed by atoms with van der Waals surface area (Å²) >= 11 is 12.2. The van der Waals surface area contributed by atoms with Gasteiger partial charge in [0.05, 0.1) is 0 Å². The first-order chi connectivity index (χ1) is 12.3. The van der Waals surface area contributed by atoms with E-state index in [0.717, 1.165) is 5.56 Å². The van der Waals surface area contributed by atoms with Crippen molar-refractivity contribution in [1.29, 1.82) is 0 Å². The Morgan fingerprint density at radius 2 is 1.77 bits per heavy atom. The molecule has 0 aliphatic carbocycles. The molecule has 2 aromatic carbocycles. The molecule has 5 nitrogen and oxygen atoms in total. The Morgan fingerprint density at radius 3 is 2.35 bits per heavy atom. The monoisotopic (exact) mass is 392 g/mol. The number of carbonyl (C=O) groups excluding carboxylic acids is 1. The zero-order chi connectivity index (χ0) is 18.9. The Morgan fingerprint density at radius 1 is 1.15 bits per heavy atom. The van der Waals surface area contributed by atoms with E-state index in [1.165, 1.54) is 24.3 Å². The molecule has 0 radical (unpaired) electrons. The first kappa shape index (κ1) is 18.4. The van der Waals surface area contributed by atoms with Gasteiger partial charge in [-0.2, -0.15) is 0 Å². The molecule has 1 aliphatic rings. The molecule has 3 N–H and O–H groups in total. The van der Waals surface area contributed by atoms with Crippen LogP contribution >= 0.6 is 23.2 Å². The van der Waals surface area contributed by atoms with Crippen LogP contribution in [-0.4, -0.2) is 28.1 Å². The standard InChI is InChI=1S/C18H15Cl2FN4O/c1-10-2-4-11(5-3-10)14-23-17(22)18(24-14,16(19)20)25-15(26)12-6-8-13(21)9-7-12/h2-9,16H,1H3,(H,25,26)(H2,22,23,24)/t18-/m0/s1. The van der Waals surface area contributed by atoms with Crippen LogP contribution in [0, 0.1) is 12.7 Å². The summed E-state index contributed by atoms with van der Waals surface area (Å²) in [6, 6.07) is 12.5. The molecular formula is C18H15Cl2FN4O. The lowest BCUT2D eigenvalue weighted by atomic mass is 10.1. The number of aliphatic imine (C=N–C) groups is 2. The number of hydrogen-bond acceptors (Lipinski definition) is 4. The third-order valence-corrected chi connectivity index (χ3v) is 4.57. The van der Waals surface area contributed by atoms with E-state index in [1.54, 1.807) is 0 Å². The number of amidine groups is 2. The van der Waals surface area contributed by atoms with Crippen molar-refractivity contribution >= 4 is 40.8 Å². The van der Waals surface area contributed by atoms with Crippen molar-refractivity contribution < 1.29 is 9.18 Å². The number of rotatable bonds is 4. The molecule has 0 saturated carbocycles. The molecule has 0 fully saturated rings. The lowest BCUT2D eigenvalue weighted by Crippen LogP contribution is -2.59. The highest BCUT2D eigenvalue weighted by Gasteiger charge is 2.46. The minimum Gasteiger partial charge on any atom is -0.383 e. The summed E-state index contributed by atoms with van der Waals surface area (Å²) in [4.78, 5) is 20.0. The zero-order valence-electron chi connectivity index (χ0n) is 13.7. The number of alkyl halides is 2. The summed E-state index contributed by atoms with van der Waals surface area (Å²) in [6.07, 6.45) is 0. The molecule has 0 bridgehead atoms. The SMILES string of the molecule is Cc1ccc(C2=N[C@](NC(=O)c3ccc(F)cc3)(C(Cl)Cl)C(N)=N2)cc1. The summed E-state index contributed by atoms with van der Waals surface area (Å²) in [5, 5.41) is 2.62. The van der Waals surface area contributed by atoms with Crippen LogP contribution < -0.4 is 11.1 Å². The molecule has 3 rings (SSSR count). The van der Waals surface area contributed by atoms with Gasteiger partial charge < -0.3 is 11.1 Å². The third kappa shape index (κ3) is 3.43. The van der Waals surface area contributed by atoms with E-state index >= 15 is 0 Å². The summed E-state index contributed by atoms with van der Waals surface area (Å²) in [5.41, 5.74) is 6.42. The van der Waals surface area contributed by atoms with Crippen molar-refractivity contribution in [2.75, 3.05) is 0 Å². The Balaban J connectivity index is 1.95. The molecule has 26 heavy (non-hydrogen) atoms. The van der Waals surface area contributed by atoms with Crippen molar-refractivity contribution in [1.82, 2.24) is 5.32 Å². The number of aryl methyl sites for hydroxylation is 1. The molecule has 0 spiro atoms. The number of amides is 1. The predicted octanol–water partition coefficient (Wildman–Crippen LogP) is 3.18. The van der Waals surface area contributed by atoms with Crippen LogP contribution in [0.2, 0.25) is 0 Å². The van der Waals surface area contributed by atoms with E-state index < -0.39 is 22.2 Å². The number of nitrogens with one attached hydrogen (secondary N) is 1. The zero-order valence-corrected chi connectivity index (χ0v) is 15.2. The number of nitrogens with two attached hydrogens (primary N) is 1. The Labute approximate surface area is 159 Å². The second kappa shape index (κ2) is 7.05. The molecule has 0 aromatic heterocycles. The van der Waals surface area contributed by atoms with Gasteiger partial charge in [0.25, 0.3) is 5.91 Å². The van der Waals surface area contributed by atoms with Gasteiger partial charge in [-0.05, 0) is 31.2 Å². The molecule has 1 amide bonds.